The Morgan fingerprint density at radius 2 is 0.909 bits per heavy atom. The Labute approximate surface area is 536 Å². The number of fused-ring (bicyclic) bond motifs is 6. The van der Waals surface area contributed by atoms with Crippen LogP contribution in [0.2, 0.25) is 0 Å². The largest absolute Gasteiger partial charge is 0.480 e. The monoisotopic (exact) mass is 1280 g/mol. The van der Waals surface area contributed by atoms with Crippen LogP contribution in [0.15, 0.2) is 158 Å². The van der Waals surface area contributed by atoms with E-state index in [2.05, 4.69) is 80.3 Å². The van der Waals surface area contributed by atoms with Crippen LogP contribution in [0, 0.1) is 0 Å². The van der Waals surface area contributed by atoms with Crippen molar-refractivity contribution in [3.63, 3.8) is 0 Å². The summed E-state index contributed by atoms with van der Waals surface area (Å²) in [6.07, 6.45) is 2.79. The number of thiol groups is 1. The predicted octanol–water partition coefficient (Wildman–Crippen LogP) is 13.1. The number of ether oxygens (including phenoxy) is 2. The molecule has 2 aliphatic rings. The molecule has 0 saturated carbocycles. The highest BCUT2D eigenvalue weighted by molar-refractivity contribution is 8.00. The molecule has 2 amide bonds. The van der Waals surface area contributed by atoms with Crippen molar-refractivity contribution in [3.8, 4) is 44.8 Å². The average Bonchev–Trinajstić information content (AvgIpc) is 3.07. The van der Waals surface area contributed by atoms with Crippen molar-refractivity contribution in [2.75, 3.05) is 45.6 Å². The maximum Gasteiger partial charge on any atom is 0.410 e. The van der Waals surface area contributed by atoms with Crippen molar-refractivity contribution in [2.24, 2.45) is 5.73 Å². The second-order valence-electron chi connectivity index (χ2n) is 22.5. The molecular weight excluding hydrogens is 1210 g/mol. The summed E-state index contributed by atoms with van der Waals surface area (Å²) >= 11 is 9.37. The number of aromatic nitrogens is 4. The lowest BCUT2D eigenvalue weighted by atomic mass is 9.94. The third-order valence-electron chi connectivity index (χ3n) is 15.5. The summed E-state index contributed by atoms with van der Waals surface area (Å²) in [6, 6.07) is 49.6. The third kappa shape index (κ3) is 16.2. The molecule has 8 aromatic rings. The highest BCUT2D eigenvalue weighted by atomic mass is 32.2. The quantitative estimate of drug-likeness (QED) is 0.0501. The number of thioether (sulfide) groups is 2. The number of hydrogen-bond donors (Lipinski definition) is 5. The van der Waals surface area contributed by atoms with Gasteiger partial charge in [-0.3, -0.25) is 19.4 Å². The fourth-order valence-corrected chi connectivity index (χ4v) is 12.8. The van der Waals surface area contributed by atoms with E-state index in [4.69, 9.17) is 26.0 Å². The molecule has 88 heavy (non-hydrogen) atoms. The first kappa shape index (κ1) is 67.9. The van der Waals surface area contributed by atoms with Crippen LogP contribution in [0.5, 0.6) is 0 Å². The number of carbonyl (C=O) groups excluding carboxylic acids is 3. The standard InChI is InChI=1S/C31H31N3O3S2.C22H25NO4S.C8H7N3S.C5H11NO2S/c1-31(2,38-4)29(26(35)18-27-28(32-33-39-27)20-12-6-5-7-13-20)34(3)30(36)37-19-25-23-16-10-8-14-21(23)22-15-9-11-17-24(22)25;1-22(2,28-4)19(20(24)25)23(3)21(26)27-13-18-16-11-7-5-9-14(16)15-10-6-8-12-17(15)18;9-8-7(10-11-12-8)6-4-2-1-3-5-6;1-5(2,9)3(6)4(7)8/h5-17,25,29H,18-19H2,1-4H3;5-12,18-19H,13H2,1-4H3,(H,24,25);1-5H,9H2;3,9H,6H2,1-2H3,(H,7,8)/t29-;19-;;3-/m11.1/s1. The topological polar surface area (TPSA) is 254 Å². The molecule has 17 nitrogen and oxygen atoms in total. The first-order chi connectivity index (χ1) is 41.8. The normalized spacial score (nSPS) is 13.4. The SMILES string of the molecule is CC(C)(S)[C@H](N)C(=O)O.CSC(C)(C)[C@@H](C(=O)Cc1snnc1-c1ccccc1)N(C)C(=O)OCC1c2ccccc2-c2ccccc21.CSC(C)(C)[C@@H](C(=O)O)N(C)C(=O)OCC1c2ccccc2-c2ccccc21.Nc1snnc1-c1ccccc1. The summed E-state index contributed by atoms with van der Waals surface area (Å²) in [5.41, 5.74) is 23.5. The van der Waals surface area contributed by atoms with Crippen molar-refractivity contribution in [1.82, 2.24) is 29.0 Å². The van der Waals surface area contributed by atoms with Gasteiger partial charge in [0.2, 0.25) is 0 Å². The lowest BCUT2D eigenvalue weighted by Gasteiger charge is -2.37. The molecular formula is C66H74N8O9S5. The van der Waals surface area contributed by atoms with Gasteiger partial charge in [0.1, 0.15) is 47.7 Å². The molecule has 0 unspecified atom stereocenters. The van der Waals surface area contributed by atoms with Crippen molar-refractivity contribution in [2.45, 2.75) is 92.2 Å². The molecule has 2 heterocycles. The Balaban J connectivity index is 0.000000194. The number of benzene rings is 6. The molecule has 10 rings (SSSR count). The molecule has 0 fully saturated rings. The minimum Gasteiger partial charge on any atom is -0.480 e. The highest BCUT2D eigenvalue weighted by Crippen LogP contribution is 2.46. The molecule has 3 atom stereocenters. The van der Waals surface area contributed by atoms with E-state index in [1.54, 1.807) is 32.7 Å². The number of nitrogens with zero attached hydrogens (tertiary/aromatic N) is 6. The van der Waals surface area contributed by atoms with Gasteiger partial charge in [-0.2, -0.15) is 36.2 Å². The number of likely N-dealkylation sites (N-methyl/N-ethyl adjacent to an activating group) is 2. The number of anilines is 1. The van der Waals surface area contributed by atoms with Crippen LogP contribution >= 0.6 is 59.2 Å². The Kier molecular flexibility index (Phi) is 23.2. The molecule has 0 saturated heterocycles. The number of aliphatic carboxylic acids is 2. The number of Topliss-reactive ketones (excluding diaryl/α,β-unsaturated/α-hetero) is 1. The fraction of sp³-hybridized carbons (Fsp3) is 0.318. The number of carboxylic acids is 2. The minimum absolute atomic E-state index is 0.0471. The molecule has 6 aromatic carbocycles. The van der Waals surface area contributed by atoms with E-state index in [1.807, 2.05) is 149 Å². The number of ketones is 1. The number of amides is 2. The van der Waals surface area contributed by atoms with Crippen molar-refractivity contribution < 1.29 is 43.7 Å². The molecule has 0 radical (unpaired) electrons. The lowest BCUT2D eigenvalue weighted by molar-refractivity contribution is -0.143. The van der Waals surface area contributed by atoms with Gasteiger partial charge >= 0.3 is 24.1 Å². The predicted molar refractivity (Wildman–Crippen MR) is 359 cm³/mol. The number of carbonyl (C=O) groups is 5. The molecule has 2 aliphatic carbocycles. The van der Waals surface area contributed by atoms with Crippen LogP contribution < -0.4 is 11.5 Å². The van der Waals surface area contributed by atoms with Gasteiger partial charge in [-0.15, -0.1) is 10.2 Å². The number of rotatable bonds is 18. The number of hydrogen-bond acceptors (Lipinski definition) is 18. The van der Waals surface area contributed by atoms with Gasteiger partial charge in [0.15, 0.2) is 5.78 Å². The number of nitrogen functional groups attached to an aromatic ring is 1. The van der Waals surface area contributed by atoms with Gasteiger partial charge in [-0.1, -0.05) is 167 Å². The van der Waals surface area contributed by atoms with E-state index in [9.17, 15) is 29.1 Å². The lowest BCUT2D eigenvalue weighted by Crippen LogP contribution is -2.53. The Morgan fingerprint density at radius 1 is 0.557 bits per heavy atom. The maximum absolute atomic E-state index is 13.8. The molecule has 0 aliphatic heterocycles. The van der Waals surface area contributed by atoms with Gasteiger partial charge < -0.3 is 31.2 Å². The highest BCUT2D eigenvalue weighted by Gasteiger charge is 2.43. The first-order valence-corrected chi connectivity index (χ1v) is 32.5. The second kappa shape index (κ2) is 30.1. The average molecular weight is 1280 g/mol. The Bertz CT molecular complexity index is 3600. The van der Waals surface area contributed by atoms with E-state index in [0.29, 0.717) is 10.7 Å². The maximum atomic E-state index is 13.8. The second-order valence-corrected chi connectivity index (χ2v) is 28.2. The van der Waals surface area contributed by atoms with Crippen LogP contribution in [0.4, 0.5) is 14.6 Å². The zero-order valence-corrected chi connectivity index (χ0v) is 54.8. The van der Waals surface area contributed by atoms with Gasteiger partial charge in [0.25, 0.3) is 0 Å². The number of carboxylic acid groups (broad SMARTS) is 2. The first-order valence-electron chi connectivity index (χ1n) is 28.0. The van der Waals surface area contributed by atoms with E-state index >= 15 is 0 Å². The van der Waals surface area contributed by atoms with E-state index in [1.165, 1.54) is 62.8 Å². The van der Waals surface area contributed by atoms with Crippen molar-refractivity contribution >= 4 is 94.1 Å². The van der Waals surface area contributed by atoms with Crippen LogP contribution in [0.3, 0.4) is 0 Å². The summed E-state index contributed by atoms with van der Waals surface area (Å²) in [4.78, 5) is 65.3. The smallest absolute Gasteiger partial charge is 0.410 e. The summed E-state index contributed by atoms with van der Waals surface area (Å²) < 4.78 is 17.5. The van der Waals surface area contributed by atoms with Gasteiger partial charge in [0.05, 0.1) is 4.88 Å². The van der Waals surface area contributed by atoms with Crippen LogP contribution in [-0.2, 0) is 30.3 Å². The fourth-order valence-electron chi connectivity index (χ4n) is 10.5. The zero-order chi connectivity index (χ0) is 64.1. The van der Waals surface area contributed by atoms with Crippen LogP contribution in [0.1, 0.15) is 80.5 Å². The molecule has 462 valence electrons. The summed E-state index contributed by atoms with van der Waals surface area (Å²) in [6.45, 7) is 11.3. The number of nitrogens with two attached hydrogens (primary N) is 2. The molecule has 0 spiro atoms. The van der Waals surface area contributed by atoms with E-state index in [0.717, 1.165) is 55.1 Å². The van der Waals surface area contributed by atoms with Crippen molar-refractivity contribution in [3.05, 3.63) is 185 Å². The molecule has 2 aromatic heterocycles. The Morgan fingerprint density at radius 3 is 1.26 bits per heavy atom. The summed E-state index contributed by atoms with van der Waals surface area (Å²) in [5.74, 6) is -2.24. The van der Waals surface area contributed by atoms with Crippen LogP contribution in [0.25, 0.3) is 44.8 Å². The summed E-state index contributed by atoms with van der Waals surface area (Å²) in [5, 5.41) is 26.9. The summed E-state index contributed by atoms with van der Waals surface area (Å²) in [7, 11) is 3.14. The molecule has 22 heteroatoms. The van der Waals surface area contributed by atoms with Gasteiger partial charge in [0, 0.05) is 69.3 Å². The third-order valence-corrected chi connectivity index (χ3v) is 19.6. The van der Waals surface area contributed by atoms with Crippen LogP contribution in [-0.4, -0.2) is 141 Å². The molecule has 0 bridgehead atoms. The van der Waals surface area contributed by atoms with E-state index < -0.39 is 56.5 Å². The van der Waals surface area contributed by atoms with Gasteiger partial charge in [-0.25, -0.2) is 14.4 Å². The Hall–Kier alpha value is -7.60. The molecule has 6 N–H and O–H groups in total. The zero-order valence-electron chi connectivity index (χ0n) is 50.7. The van der Waals surface area contributed by atoms with Crippen molar-refractivity contribution in [1.29, 1.82) is 0 Å². The van der Waals surface area contributed by atoms with E-state index in [-0.39, 0.29) is 37.3 Å². The minimum atomic E-state index is -1.05. The van der Waals surface area contributed by atoms with Gasteiger partial charge in [-0.05, 0) is 110 Å².